The predicted octanol–water partition coefficient (Wildman–Crippen LogP) is 2.33. The van der Waals surface area contributed by atoms with Crippen molar-refractivity contribution in [3.8, 4) is 0 Å². The Morgan fingerprint density at radius 1 is 1.40 bits per heavy atom. The molecule has 0 bridgehead atoms. The zero-order valence-electron chi connectivity index (χ0n) is 6.18. The number of hydrogen-bond acceptors (Lipinski definition) is 2. The van der Waals surface area contributed by atoms with Crippen LogP contribution in [0.3, 0.4) is 0 Å². The van der Waals surface area contributed by atoms with E-state index < -0.39 is 0 Å². The van der Waals surface area contributed by atoms with Crippen LogP contribution in [-0.4, -0.2) is 7.05 Å². The molecule has 2 heteroatoms. The van der Waals surface area contributed by atoms with E-state index in [2.05, 4.69) is 17.9 Å². The summed E-state index contributed by atoms with van der Waals surface area (Å²) in [6.45, 7) is 2.04. The second kappa shape index (κ2) is 2.97. The molecule has 0 aliphatic rings. The van der Waals surface area contributed by atoms with Crippen molar-refractivity contribution in [2.24, 2.45) is 0 Å². The molecule has 1 N–H and O–H groups in total. The van der Waals surface area contributed by atoms with E-state index in [0.29, 0.717) is 0 Å². The Hall–Kier alpha value is -0.630. The topological polar surface area (TPSA) is 12.0 Å². The minimum atomic E-state index is 1.03. The minimum absolute atomic E-state index is 1.03. The number of benzene rings is 1. The third-order valence-corrected chi connectivity index (χ3v) is 2.10. The Bertz CT molecular complexity index is 233. The summed E-state index contributed by atoms with van der Waals surface area (Å²) in [5.74, 6) is 0. The molecule has 0 atom stereocenters. The third-order valence-electron chi connectivity index (χ3n) is 1.51. The van der Waals surface area contributed by atoms with Crippen molar-refractivity contribution >= 4 is 18.3 Å². The number of thiol groups is 1. The Morgan fingerprint density at radius 3 is 2.60 bits per heavy atom. The quantitative estimate of drug-likeness (QED) is 0.590. The Balaban J connectivity index is 3.14. The van der Waals surface area contributed by atoms with Gasteiger partial charge in [-0.3, -0.25) is 0 Å². The Labute approximate surface area is 66.9 Å². The summed E-state index contributed by atoms with van der Waals surface area (Å²) in [5, 5.41) is 3.06. The van der Waals surface area contributed by atoms with Gasteiger partial charge >= 0.3 is 0 Å². The molecule has 1 nitrogen and oxygen atoms in total. The van der Waals surface area contributed by atoms with E-state index in [1.807, 2.05) is 32.2 Å². The van der Waals surface area contributed by atoms with Gasteiger partial charge in [0.1, 0.15) is 0 Å². The van der Waals surface area contributed by atoms with E-state index in [4.69, 9.17) is 0 Å². The Kier molecular flexibility index (Phi) is 2.22. The van der Waals surface area contributed by atoms with Gasteiger partial charge in [0.05, 0.1) is 0 Å². The molecular formula is C8H11NS. The molecular weight excluding hydrogens is 142 g/mol. The van der Waals surface area contributed by atoms with Crippen LogP contribution in [0.4, 0.5) is 5.69 Å². The number of aryl methyl sites for hydroxylation is 1. The molecule has 0 radical (unpaired) electrons. The van der Waals surface area contributed by atoms with Gasteiger partial charge in [-0.2, -0.15) is 0 Å². The third kappa shape index (κ3) is 1.27. The molecule has 1 aromatic rings. The maximum absolute atomic E-state index is 4.33. The fourth-order valence-electron chi connectivity index (χ4n) is 0.861. The van der Waals surface area contributed by atoms with Crippen molar-refractivity contribution in [3.05, 3.63) is 23.8 Å². The SMILES string of the molecule is CNc1cccc(C)c1S. The van der Waals surface area contributed by atoms with Crippen molar-refractivity contribution < 1.29 is 0 Å². The lowest BCUT2D eigenvalue weighted by molar-refractivity contribution is 1.29. The van der Waals surface area contributed by atoms with Gasteiger partial charge in [0.15, 0.2) is 0 Å². The summed E-state index contributed by atoms with van der Waals surface area (Å²) in [4.78, 5) is 1.03. The van der Waals surface area contributed by atoms with E-state index in [0.717, 1.165) is 10.6 Å². The molecule has 0 aliphatic heterocycles. The molecule has 0 saturated heterocycles. The molecule has 0 unspecified atom stereocenters. The molecule has 0 amide bonds. The van der Waals surface area contributed by atoms with Gasteiger partial charge in [0, 0.05) is 17.6 Å². The highest BCUT2D eigenvalue weighted by molar-refractivity contribution is 7.80. The van der Waals surface area contributed by atoms with E-state index in [9.17, 15) is 0 Å². The van der Waals surface area contributed by atoms with Crippen molar-refractivity contribution in [2.45, 2.75) is 11.8 Å². The van der Waals surface area contributed by atoms with Crippen LogP contribution in [0.5, 0.6) is 0 Å². The molecule has 10 heavy (non-hydrogen) atoms. The van der Waals surface area contributed by atoms with Crippen molar-refractivity contribution in [2.75, 3.05) is 12.4 Å². The van der Waals surface area contributed by atoms with Crippen LogP contribution >= 0.6 is 12.6 Å². The molecule has 0 aromatic heterocycles. The molecule has 0 fully saturated rings. The summed E-state index contributed by atoms with van der Waals surface area (Å²) in [6, 6.07) is 6.07. The minimum Gasteiger partial charge on any atom is -0.387 e. The first-order chi connectivity index (χ1) is 4.75. The largest absolute Gasteiger partial charge is 0.387 e. The van der Waals surface area contributed by atoms with Crippen LogP contribution in [0.2, 0.25) is 0 Å². The standard InChI is InChI=1S/C8H11NS/c1-6-4-3-5-7(9-2)8(6)10/h3-5,9-10H,1-2H3. The first kappa shape index (κ1) is 7.48. The number of nitrogens with one attached hydrogen (secondary N) is 1. The fourth-order valence-corrected chi connectivity index (χ4v) is 1.12. The van der Waals surface area contributed by atoms with Crippen LogP contribution in [0.1, 0.15) is 5.56 Å². The maximum Gasteiger partial charge on any atom is 0.0475 e. The van der Waals surface area contributed by atoms with Gasteiger partial charge in [-0.15, -0.1) is 12.6 Å². The summed E-state index contributed by atoms with van der Waals surface area (Å²) >= 11 is 4.33. The highest BCUT2D eigenvalue weighted by atomic mass is 32.1. The van der Waals surface area contributed by atoms with Crippen molar-refractivity contribution in [1.82, 2.24) is 0 Å². The lowest BCUT2D eigenvalue weighted by atomic mass is 10.2. The molecule has 1 rings (SSSR count). The van der Waals surface area contributed by atoms with E-state index in [1.165, 1.54) is 5.56 Å². The van der Waals surface area contributed by atoms with E-state index >= 15 is 0 Å². The van der Waals surface area contributed by atoms with Crippen LogP contribution < -0.4 is 5.32 Å². The predicted molar refractivity (Wildman–Crippen MR) is 48.0 cm³/mol. The molecule has 0 heterocycles. The molecule has 0 aliphatic carbocycles. The molecule has 54 valence electrons. The molecule has 0 saturated carbocycles. The van der Waals surface area contributed by atoms with Crippen molar-refractivity contribution in [3.63, 3.8) is 0 Å². The van der Waals surface area contributed by atoms with Gasteiger partial charge in [-0.1, -0.05) is 12.1 Å². The van der Waals surface area contributed by atoms with E-state index in [-0.39, 0.29) is 0 Å². The van der Waals surface area contributed by atoms with Crippen LogP contribution in [-0.2, 0) is 0 Å². The van der Waals surface area contributed by atoms with Gasteiger partial charge < -0.3 is 5.32 Å². The first-order valence-corrected chi connectivity index (χ1v) is 3.66. The first-order valence-electron chi connectivity index (χ1n) is 3.22. The maximum atomic E-state index is 4.33. The van der Waals surface area contributed by atoms with E-state index in [1.54, 1.807) is 0 Å². The average Bonchev–Trinajstić information content (AvgIpc) is 1.95. The lowest BCUT2D eigenvalue weighted by Crippen LogP contribution is -1.90. The lowest BCUT2D eigenvalue weighted by Gasteiger charge is -2.05. The zero-order chi connectivity index (χ0) is 7.56. The van der Waals surface area contributed by atoms with Gasteiger partial charge in [0.2, 0.25) is 0 Å². The van der Waals surface area contributed by atoms with Gasteiger partial charge in [0.25, 0.3) is 0 Å². The van der Waals surface area contributed by atoms with Gasteiger partial charge in [-0.05, 0) is 18.6 Å². The summed E-state index contributed by atoms with van der Waals surface area (Å²) < 4.78 is 0. The second-order valence-corrected chi connectivity index (χ2v) is 2.67. The zero-order valence-corrected chi connectivity index (χ0v) is 7.07. The number of rotatable bonds is 1. The van der Waals surface area contributed by atoms with Crippen LogP contribution in [0, 0.1) is 6.92 Å². The number of hydrogen-bond donors (Lipinski definition) is 2. The van der Waals surface area contributed by atoms with Gasteiger partial charge in [-0.25, -0.2) is 0 Å². The monoisotopic (exact) mass is 153 g/mol. The van der Waals surface area contributed by atoms with Crippen LogP contribution in [0.15, 0.2) is 23.1 Å². The summed E-state index contributed by atoms with van der Waals surface area (Å²) in [5.41, 5.74) is 2.29. The summed E-state index contributed by atoms with van der Waals surface area (Å²) in [7, 11) is 1.90. The Morgan fingerprint density at radius 2 is 2.10 bits per heavy atom. The highest BCUT2D eigenvalue weighted by Crippen LogP contribution is 2.22. The smallest absolute Gasteiger partial charge is 0.0475 e. The number of anilines is 1. The van der Waals surface area contributed by atoms with Crippen LogP contribution in [0.25, 0.3) is 0 Å². The fraction of sp³-hybridized carbons (Fsp3) is 0.250. The highest BCUT2D eigenvalue weighted by Gasteiger charge is 1.96. The molecule has 1 aromatic carbocycles. The molecule has 0 spiro atoms. The second-order valence-electron chi connectivity index (χ2n) is 2.22. The van der Waals surface area contributed by atoms with Crippen molar-refractivity contribution in [1.29, 1.82) is 0 Å². The average molecular weight is 153 g/mol. The summed E-state index contributed by atoms with van der Waals surface area (Å²) in [6.07, 6.45) is 0. The normalized spacial score (nSPS) is 9.50.